The maximum absolute atomic E-state index is 12.5. The zero-order valence-electron chi connectivity index (χ0n) is 14.5. The van der Waals surface area contributed by atoms with Gasteiger partial charge in [-0.15, -0.1) is 0 Å². The molecule has 0 amide bonds. The van der Waals surface area contributed by atoms with E-state index in [1.807, 2.05) is 12.1 Å². The van der Waals surface area contributed by atoms with Crippen molar-refractivity contribution >= 4 is 21.2 Å². The van der Waals surface area contributed by atoms with Crippen LogP contribution in [0.4, 0.5) is 0 Å². The third kappa shape index (κ3) is 3.37. The van der Waals surface area contributed by atoms with Crippen molar-refractivity contribution in [3.8, 4) is 0 Å². The summed E-state index contributed by atoms with van der Waals surface area (Å²) in [5.74, 6) is 0.727. The average molecular weight is 370 g/mol. The lowest BCUT2D eigenvalue weighted by Crippen LogP contribution is -2.26. The monoisotopic (exact) mass is 370 g/mol. The van der Waals surface area contributed by atoms with E-state index >= 15 is 0 Å². The predicted octanol–water partition coefficient (Wildman–Crippen LogP) is 3.42. The van der Waals surface area contributed by atoms with Gasteiger partial charge in [0, 0.05) is 12.2 Å². The number of rotatable bonds is 5. The molecule has 0 aliphatic heterocycles. The van der Waals surface area contributed by atoms with Crippen molar-refractivity contribution in [2.75, 3.05) is 0 Å². The zero-order chi connectivity index (χ0) is 18.0. The van der Waals surface area contributed by atoms with Gasteiger partial charge in [-0.1, -0.05) is 37.5 Å². The molecule has 0 radical (unpaired) electrons. The molecule has 0 unspecified atom stereocenters. The van der Waals surface area contributed by atoms with Gasteiger partial charge in [0.15, 0.2) is 5.65 Å². The number of pyridine rings is 1. The number of fused-ring (bicyclic) bond motifs is 1. The highest BCUT2D eigenvalue weighted by molar-refractivity contribution is 7.89. The number of nitrogens with zero attached hydrogens (tertiary/aromatic N) is 3. The molecular weight excluding hydrogens is 348 g/mol. The SMILES string of the molecule is O=S(=O)(NCc1nc2cccnc2n1C1CCCCC1)c1ccccc1. The molecule has 0 saturated heterocycles. The van der Waals surface area contributed by atoms with Crippen LogP contribution in [0.2, 0.25) is 0 Å². The third-order valence-electron chi connectivity index (χ3n) is 4.94. The molecule has 136 valence electrons. The first kappa shape index (κ1) is 17.2. The summed E-state index contributed by atoms with van der Waals surface area (Å²) in [6, 6.07) is 12.5. The second-order valence-corrected chi connectivity index (χ2v) is 8.44. The molecule has 0 atom stereocenters. The first-order valence-electron chi connectivity index (χ1n) is 9.02. The number of hydrogen-bond donors (Lipinski definition) is 1. The summed E-state index contributed by atoms with van der Waals surface area (Å²) in [6.45, 7) is 0.157. The predicted molar refractivity (Wildman–Crippen MR) is 100 cm³/mol. The fourth-order valence-corrected chi connectivity index (χ4v) is 4.67. The molecule has 4 rings (SSSR count). The Kier molecular flexibility index (Phi) is 4.74. The lowest BCUT2D eigenvalue weighted by Gasteiger charge is -2.25. The van der Waals surface area contributed by atoms with Crippen molar-refractivity contribution in [2.24, 2.45) is 0 Å². The summed E-state index contributed by atoms with van der Waals surface area (Å²) in [5.41, 5.74) is 1.65. The lowest BCUT2D eigenvalue weighted by atomic mass is 9.95. The minimum Gasteiger partial charge on any atom is -0.308 e. The Morgan fingerprint density at radius 2 is 1.81 bits per heavy atom. The van der Waals surface area contributed by atoms with Crippen molar-refractivity contribution < 1.29 is 8.42 Å². The molecule has 1 aromatic carbocycles. The van der Waals surface area contributed by atoms with Gasteiger partial charge in [0.05, 0.1) is 11.4 Å². The van der Waals surface area contributed by atoms with Crippen molar-refractivity contribution in [1.29, 1.82) is 0 Å². The highest BCUT2D eigenvalue weighted by atomic mass is 32.2. The van der Waals surface area contributed by atoms with Crippen LogP contribution in [-0.2, 0) is 16.6 Å². The maximum atomic E-state index is 12.5. The average Bonchev–Trinajstić information content (AvgIpc) is 3.06. The molecule has 7 heteroatoms. The molecule has 6 nitrogen and oxygen atoms in total. The Labute approximate surface area is 153 Å². The van der Waals surface area contributed by atoms with Gasteiger partial charge < -0.3 is 4.57 Å². The highest BCUT2D eigenvalue weighted by Crippen LogP contribution is 2.31. The van der Waals surface area contributed by atoms with Crippen molar-refractivity contribution in [3.05, 3.63) is 54.5 Å². The van der Waals surface area contributed by atoms with E-state index in [-0.39, 0.29) is 11.4 Å². The van der Waals surface area contributed by atoms with E-state index in [0.717, 1.165) is 29.8 Å². The Morgan fingerprint density at radius 3 is 2.58 bits per heavy atom. The normalized spacial score (nSPS) is 16.2. The molecule has 1 aliphatic carbocycles. The van der Waals surface area contributed by atoms with Crippen LogP contribution in [0, 0.1) is 0 Å². The summed E-state index contributed by atoms with van der Waals surface area (Å²) >= 11 is 0. The first-order chi connectivity index (χ1) is 12.6. The second kappa shape index (κ2) is 7.17. The van der Waals surface area contributed by atoms with E-state index in [2.05, 4.69) is 19.3 Å². The summed E-state index contributed by atoms with van der Waals surface area (Å²) in [4.78, 5) is 9.42. The van der Waals surface area contributed by atoms with Crippen molar-refractivity contribution in [1.82, 2.24) is 19.3 Å². The van der Waals surface area contributed by atoms with Crippen molar-refractivity contribution in [2.45, 2.75) is 49.6 Å². The Morgan fingerprint density at radius 1 is 1.04 bits per heavy atom. The van der Waals surface area contributed by atoms with E-state index < -0.39 is 10.0 Å². The van der Waals surface area contributed by atoms with Gasteiger partial charge in [0.25, 0.3) is 0 Å². The molecule has 2 heterocycles. The summed E-state index contributed by atoms with van der Waals surface area (Å²) in [7, 11) is -3.57. The van der Waals surface area contributed by atoms with Gasteiger partial charge in [0.1, 0.15) is 11.3 Å². The van der Waals surface area contributed by atoms with Gasteiger partial charge in [-0.3, -0.25) is 0 Å². The number of benzene rings is 1. The summed E-state index contributed by atoms with van der Waals surface area (Å²) in [6.07, 6.45) is 7.56. The van der Waals surface area contributed by atoms with Crippen LogP contribution in [0.25, 0.3) is 11.2 Å². The lowest BCUT2D eigenvalue weighted by molar-refractivity contribution is 0.350. The fourth-order valence-electron chi connectivity index (χ4n) is 3.67. The molecule has 26 heavy (non-hydrogen) atoms. The number of nitrogens with one attached hydrogen (secondary N) is 1. The Hall–Kier alpha value is -2.25. The minimum atomic E-state index is -3.57. The van der Waals surface area contributed by atoms with Crippen LogP contribution in [0.3, 0.4) is 0 Å². The van der Waals surface area contributed by atoms with Gasteiger partial charge >= 0.3 is 0 Å². The Balaban J connectivity index is 1.66. The van der Waals surface area contributed by atoms with Crippen LogP contribution in [0.1, 0.15) is 44.0 Å². The molecule has 2 aromatic heterocycles. The van der Waals surface area contributed by atoms with Crippen LogP contribution >= 0.6 is 0 Å². The van der Waals surface area contributed by atoms with Crippen LogP contribution < -0.4 is 4.72 Å². The van der Waals surface area contributed by atoms with E-state index in [1.54, 1.807) is 36.5 Å². The zero-order valence-corrected chi connectivity index (χ0v) is 15.3. The van der Waals surface area contributed by atoms with Gasteiger partial charge in [-0.2, -0.15) is 0 Å². The van der Waals surface area contributed by atoms with E-state index in [9.17, 15) is 8.42 Å². The van der Waals surface area contributed by atoms with E-state index in [4.69, 9.17) is 0 Å². The van der Waals surface area contributed by atoms with Crippen LogP contribution in [-0.4, -0.2) is 23.0 Å². The summed E-state index contributed by atoms with van der Waals surface area (Å²) < 4.78 is 29.9. The largest absolute Gasteiger partial charge is 0.308 e. The number of imidazole rings is 1. The number of sulfonamides is 1. The van der Waals surface area contributed by atoms with Gasteiger partial charge in [-0.25, -0.2) is 23.1 Å². The Bertz CT molecular complexity index is 993. The second-order valence-electron chi connectivity index (χ2n) is 6.67. The standard InChI is InChI=1S/C19H22N4O2S/c24-26(25,16-10-5-2-6-11-16)21-14-18-22-17-12-7-13-20-19(17)23(18)15-8-3-1-4-9-15/h2,5-7,10-13,15,21H,1,3-4,8-9,14H2. The molecule has 1 fully saturated rings. The molecule has 3 aromatic rings. The molecular formula is C19H22N4O2S. The third-order valence-corrected chi connectivity index (χ3v) is 6.35. The van der Waals surface area contributed by atoms with Crippen molar-refractivity contribution in [3.63, 3.8) is 0 Å². The molecule has 0 spiro atoms. The van der Waals surface area contributed by atoms with Crippen LogP contribution in [0.5, 0.6) is 0 Å². The summed E-state index contributed by atoms with van der Waals surface area (Å²) in [5, 5.41) is 0. The van der Waals surface area contributed by atoms with E-state index in [1.165, 1.54) is 19.3 Å². The van der Waals surface area contributed by atoms with Crippen LogP contribution in [0.15, 0.2) is 53.6 Å². The maximum Gasteiger partial charge on any atom is 0.240 e. The van der Waals surface area contributed by atoms with Gasteiger partial charge in [0.2, 0.25) is 10.0 Å². The molecule has 0 bridgehead atoms. The smallest absolute Gasteiger partial charge is 0.240 e. The number of hydrogen-bond acceptors (Lipinski definition) is 4. The quantitative estimate of drug-likeness (QED) is 0.747. The fraction of sp³-hybridized carbons (Fsp3) is 0.368. The van der Waals surface area contributed by atoms with Gasteiger partial charge in [-0.05, 0) is 37.1 Å². The molecule has 1 saturated carbocycles. The highest BCUT2D eigenvalue weighted by Gasteiger charge is 2.23. The molecule has 1 N–H and O–H groups in total. The molecule has 1 aliphatic rings. The minimum absolute atomic E-state index is 0.157. The number of aromatic nitrogens is 3. The first-order valence-corrected chi connectivity index (χ1v) is 10.5. The topological polar surface area (TPSA) is 76.9 Å². The van der Waals surface area contributed by atoms with E-state index in [0.29, 0.717) is 6.04 Å².